The highest BCUT2D eigenvalue weighted by Gasteiger charge is 2.57. The zero-order valence-electron chi connectivity index (χ0n) is 18.1. The van der Waals surface area contributed by atoms with Crippen molar-refractivity contribution in [3.63, 3.8) is 0 Å². The third-order valence-corrected chi connectivity index (χ3v) is 12.7. The predicted octanol–water partition coefficient (Wildman–Crippen LogP) is 5.92. The van der Waals surface area contributed by atoms with Gasteiger partial charge in [0.1, 0.15) is 0 Å². The maximum Gasteiger partial charge on any atom is 0.261 e. The standard InChI is InChI=1S/C27H31BrOSi/c1-26(2,3)30(24-15-9-5-10-16-24,25-17-11-6-12-18-25)29-20-23-19-27(23,21-28)22-13-7-4-8-14-22/h4-18,23H,19-21H2,1-3H3/t23-,27+/m0/s1. The fourth-order valence-electron chi connectivity index (χ4n) is 4.95. The minimum Gasteiger partial charge on any atom is -0.407 e. The van der Waals surface area contributed by atoms with Gasteiger partial charge in [-0.1, -0.05) is 128 Å². The Bertz CT molecular complexity index is 913. The van der Waals surface area contributed by atoms with Crippen molar-refractivity contribution >= 4 is 34.6 Å². The summed E-state index contributed by atoms with van der Waals surface area (Å²) in [6.45, 7) is 7.84. The summed E-state index contributed by atoms with van der Waals surface area (Å²) < 4.78 is 7.19. The highest BCUT2D eigenvalue weighted by atomic mass is 79.9. The van der Waals surface area contributed by atoms with Crippen LogP contribution in [0, 0.1) is 5.92 Å². The summed E-state index contributed by atoms with van der Waals surface area (Å²) >= 11 is 3.82. The van der Waals surface area contributed by atoms with Crippen LogP contribution in [0.4, 0.5) is 0 Å². The van der Waals surface area contributed by atoms with Crippen LogP contribution in [0.1, 0.15) is 32.8 Å². The van der Waals surface area contributed by atoms with E-state index in [-0.39, 0.29) is 10.5 Å². The number of alkyl halides is 1. The predicted molar refractivity (Wildman–Crippen MR) is 134 cm³/mol. The van der Waals surface area contributed by atoms with Gasteiger partial charge in [-0.05, 0) is 33.3 Å². The summed E-state index contributed by atoms with van der Waals surface area (Å²) in [7, 11) is -2.46. The first-order valence-corrected chi connectivity index (χ1v) is 13.8. The van der Waals surface area contributed by atoms with Crippen molar-refractivity contribution in [2.45, 2.75) is 37.6 Å². The van der Waals surface area contributed by atoms with Gasteiger partial charge < -0.3 is 4.43 Å². The van der Waals surface area contributed by atoms with E-state index in [1.165, 1.54) is 22.4 Å². The smallest absolute Gasteiger partial charge is 0.261 e. The molecule has 1 nitrogen and oxygen atoms in total. The topological polar surface area (TPSA) is 9.23 Å². The van der Waals surface area contributed by atoms with E-state index in [0.717, 1.165) is 11.9 Å². The molecular formula is C27H31BrOSi. The quantitative estimate of drug-likeness (QED) is 0.302. The van der Waals surface area contributed by atoms with E-state index in [9.17, 15) is 0 Å². The monoisotopic (exact) mass is 478 g/mol. The first-order valence-electron chi connectivity index (χ1n) is 10.8. The number of hydrogen-bond donors (Lipinski definition) is 0. The first kappa shape index (κ1) is 21.5. The molecule has 0 unspecified atom stereocenters. The maximum absolute atomic E-state index is 7.19. The van der Waals surface area contributed by atoms with Crippen molar-refractivity contribution in [3.8, 4) is 0 Å². The molecule has 0 amide bonds. The summed E-state index contributed by atoms with van der Waals surface area (Å²) in [5.41, 5.74) is 1.63. The second-order valence-corrected chi connectivity index (χ2v) is 14.4. The van der Waals surface area contributed by atoms with Crippen molar-refractivity contribution in [3.05, 3.63) is 96.6 Å². The van der Waals surface area contributed by atoms with E-state index in [2.05, 4.69) is 128 Å². The van der Waals surface area contributed by atoms with Crippen molar-refractivity contribution in [1.29, 1.82) is 0 Å². The summed E-state index contributed by atoms with van der Waals surface area (Å²) in [6, 6.07) is 32.8. The number of hydrogen-bond acceptors (Lipinski definition) is 1. The SMILES string of the molecule is CC(C)(C)[Si](OC[C@@H]1C[C@@]1(CBr)c1ccccc1)(c1ccccc1)c1ccccc1. The Hall–Kier alpha value is -1.68. The molecule has 0 radical (unpaired) electrons. The van der Waals surface area contributed by atoms with E-state index in [4.69, 9.17) is 4.43 Å². The molecule has 0 spiro atoms. The lowest BCUT2D eigenvalue weighted by Gasteiger charge is -2.43. The van der Waals surface area contributed by atoms with Crippen LogP contribution in [-0.4, -0.2) is 20.3 Å². The van der Waals surface area contributed by atoms with Gasteiger partial charge in [0.2, 0.25) is 0 Å². The molecule has 1 saturated carbocycles. The van der Waals surface area contributed by atoms with Gasteiger partial charge in [-0.2, -0.15) is 0 Å². The van der Waals surface area contributed by atoms with Gasteiger partial charge >= 0.3 is 0 Å². The number of rotatable bonds is 7. The van der Waals surface area contributed by atoms with Crippen LogP contribution >= 0.6 is 15.9 Å². The van der Waals surface area contributed by atoms with Crippen LogP contribution in [0.2, 0.25) is 5.04 Å². The van der Waals surface area contributed by atoms with Crippen molar-refractivity contribution in [2.75, 3.05) is 11.9 Å². The molecule has 0 saturated heterocycles. The Labute approximate surface area is 190 Å². The van der Waals surface area contributed by atoms with Gasteiger partial charge in [0.25, 0.3) is 8.32 Å². The zero-order valence-corrected chi connectivity index (χ0v) is 20.7. The highest BCUT2D eigenvalue weighted by molar-refractivity contribution is 9.09. The highest BCUT2D eigenvalue weighted by Crippen LogP contribution is 2.56. The molecule has 0 aliphatic heterocycles. The minimum atomic E-state index is -2.46. The van der Waals surface area contributed by atoms with E-state index in [0.29, 0.717) is 5.92 Å². The first-order chi connectivity index (χ1) is 14.4. The molecule has 2 atom stereocenters. The molecule has 3 aromatic rings. The van der Waals surface area contributed by atoms with Gasteiger partial charge in [0.05, 0.1) is 0 Å². The van der Waals surface area contributed by atoms with E-state index >= 15 is 0 Å². The van der Waals surface area contributed by atoms with Gasteiger partial charge in [-0.25, -0.2) is 0 Å². The lowest BCUT2D eigenvalue weighted by molar-refractivity contribution is 0.272. The Kier molecular flexibility index (Phi) is 6.07. The van der Waals surface area contributed by atoms with Crippen LogP contribution in [0.25, 0.3) is 0 Å². The van der Waals surface area contributed by atoms with Crippen LogP contribution in [0.5, 0.6) is 0 Å². The van der Waals surface area contributed by atoms with Crippen LogP contribution < -0.4 is 10.4 Å². The molecule has 4 rings (SSSR count). The number of halogens is 1. The van der Waals surface area contributed by atoms with Crippen LogP contribution in [0.3, 0.4) is 0 Å². The molecule has 3 aromatic carbocycles. The fourth-order valence-corrected chi connectivity index (χ4v) is 10.6. The van der Waals surface area contributed by atoms with E-state index in [1.54, 1.807) is 0 Å². The molecule has 0 bridgehead atoms. The third kappa shape index (κ3) is 3.72. The summed E-state index contributed by atoms with van der Waals surface area (Å²) in [4.78, 5) is 0. The summed E-state index contributed by atoms with van der Waals surface area (Å²) in [5.74, 6) is 0.543. The second-order valence-electron chi connectivity index (χ2n) is 9.53. The molecule has 0 aromatic heterocycles. The lowest BCUT2D eigenvalue weighted by Crippen LogP contribution is -2.66. The van der Waals surface area contributed by atoms with Crippen LogP contribution in [-0.2, 0) is 9.84 Å². The molecule has 1 aliphatic carbocycles. The molecule has 30 heavy (non-hydrogen) atoms. The van der Waals surface area contributed by atoms with Crippen molar-refractivity contribution in [1.82, 2.24) is 0 Å². The second kappa shape index (κ2) is 8.45. The average molecular weight is 480 g/mol. The lowest BCUT2D eigenvalue weighted by atomic mass is 9.96. The largest absolute Gasteiger partial charge is 0.407 e. The molecule has 156 valence electrons. The zero-order chi connectivity index (χ0) is 21.2. The summed E-state index contributed by atoms with van der Waals surface area (Å²) in [5, 5.41) is 3.72. The molecule has 0 N–H and O–H groups in total. The molecular weight excluding hydrogens is 448 g/mol. The van der Waals surface area contributed by atoms with Crippen molar-refractivity contribution in [2.24, 2.45) is 5.92 Å². The van der Waals surface area contributed by atoms with Gasteiger partial charge in [-0.3, -0.25) is 0 Å². The van der Waals surface area contributed by atoms with Gasteiger partial charge in [0.15, 0.2) is 0 Å². The molecule has 3 heteroatoms. The number of benzene rings is 3. The Morgan fingerprint density at radius 3 is 1.73 bits per heavy atom. The maximum atomic E-state index is 7.19. The van der Waals surface area contributed by atoms with Gasteiger partial charge in [-0.15, -0.1) is 0 Å². The van der Waals surface area contributed by atoms with Crippen LogP contribution in [0.15, 0.2) is 91.0 Å². The van der Waals surface area contributed by atoms with E-state index in [1.807, 2.05) is 0 Å². The Balaban J connectivity index is 1.70. The Morgan fingerprint density at radius 1 is 0.833 bits per heavy atom. The fraction of sp³-hybridized carbons (Fsp3) is 0.333. The third-order valence-electron chi connectivity index (χ3n) is 6.74. The summed E-state index contributed by atoms with van der Waals surface area (Å²) in [6.07, 6.45) is 1.18. The molecule has 1 fully saturated rings. The average Bonchev–Trinajstić information content (AvgIpc) is 3.50. The van der Waals surface area contributed by atoms with E-state index < -0.39 is 8.32 Å². The molecule has 0 heterocycles. The minimum absolute atomic E-state index is 0.0222. The molecule has 1 aliphatic rings. The van der Waals surface area contributed by atoms with Crippen molar-refractivity contribution < 1.29 is 4.43 Å². The Morgan fingerprint density at radius 2 is 1.30 bits per heavy atom. The van der Waals surface area contributed by atoms with Gasteiger partial charge in [0, 0.05) is 17.4 Å². The normalized spacial score (nSPS) is 21.4.